The molecule has 0 aliphatic carbocycles. The molecule has 0 saturated carbocycles. The highest BCUT2D eigenvalue weighted by atomic mass is 32.2. The van der Waals surface area contributed by atoms with Crippen molar-refractivity contribution in [1.82, 2.24) is 10.2 Å². The van der Waals surface area contributed by atoms with E-state index in [4.69, 9.17) is 0 Å². The van der Waals surface area contributed by atoms with E-state index < -0.39 is 0 Å². The van der Waals surface area contributed by atoms with Crippen molar-refractivity contribution in [2.24, 2.45) is 0 Å². The van der Waals surface area contributed by atoms with Gasteiger partial charge in [0.05, 0.1) is 12.4 Å². The molecule has 0 atom stereocenters. The van der Waals surface area contributed by atoms with Crippen LogP contribution < -0.4 is 0 Å². The molecule has 0 radical (unpaired) electrons. The number of aromatic nitrogens is 2. The second kappa shape index (κ2) is 4.19. The van der Waals surface area contributed by atoms with Gasteiger partial charge in [-0.2, -0.15) is 10.2 Å². The van der Waals surface area contributed by atoms with Crippen LogP contribution in [0.1, 0.15) is 0 Å². The van der Waals surface area contributed by atoms with Crippen LogP contribution in [-0.2, 0) is 0 Å². The van der Waals surface area contributed by atoms with Crippen LogP contribution in [0, 0.1) is 0 Å². The third-order valence-electron chi connectivity index (χ3n) is 2.05. The minimum Gasteiger partial charge on any atom is -0.158 e. The van der Waals surface area contributed by atoms with Crippen LogP contribution in [0.5, 0.6) is 0 Å². The molecule has 0 bridgehead atoms. The summed E-state index contributed by atoms with van der Waals surface area (Å²) < 4.78 is 0. The van der Waals surface area contributed by atoms with E-state index in [1.807, 2.05) is 0 Å². The molecular formula is C10H10N2S2. The predicted molar refractivity (Wildman–Crippen MR) is 63.1 cm³/mol. The summed E-state index contributed by atoms with van der Waals surface area (Å²) in [7, 11) is 0. The third kappa shape index (κ3) is 1.72. The van der Waals surface area contributed by atoms with Crippen LogP contribution in [0.4, 0.5) is 0 Å². The van der Waals surface area contributed by atoms with Gasteiger partial charge in [0.2, 0.25) is 0 Å². The second-order valence-corrected chi connectivity index (χ2v) is 4.52. The monoisotopic (exact) mass is 222 g/mol. The summed E-state index contributed by atoms with van der Waals surface area (Å²) in [6.07, 6.45) is 7.79. The first-order chi connectivity index (χ1) is 6.85. The minimum atomic E-state index is 1.15. The summed E-state index contributed by atoms with van der Waals surface area (Å²) in [6.45, 7) is 0. The SMILES string of the molecule is CSc1cc2cnncc2cc1SC. The van der Waals surface area contributed by atoms with Crippen LogP contribution in [0.15, 0.2) is 34.3 Å². The van der Waals surface area contributed by atoms with Gasteiger partial charge >= 0.3 is 0 Å². The van der Waals surface area contributed by atoms with E-state index in [2.05, 4.69) is 34.8 Å². The van der Waals surface area contributed by atoms with E-state index in [0.717, 1.165) is 10.8 Å². The Hall–Kier alpha value is -0.740. The molecular weight excluding hydrogens is 212 g/mol. The zero-order chi connectivity index (χ0) is 9.97. The smallest absolute Gasteiger partial charge is 0.0575 e. The summed E-state index contributed by atoms with van der Waals surface area (Å²) in [5.41, 5.74) is 0. The minimum absolute atomic E-state index is 1.15. The molecule has 0 aliphatic rings. The maximum atomic E-state index is 3.88. The molecule has 2 nitrogen and oxygen atoms in total. The van der Waals surface area contributed by atoms with Gasteiger partial charge in [0.25, 0.3) is 0 Å². The largest absolute Gasteiger partial charge is 0.158 e. The lowest BCUT2D eigenvalue weighted by atomic mass is 10.2. The number of hydrogen-bond donors (Lipinski definition) is 0. The van der Waals surface area contributed by atoms with Crippen molar-refractivity contribution in [2.75, 3.05) is 12.5 Å². The molecule has 0 N–H and O–H groups in total. The highest BCUT2D eigenvalue weighted by Crippen LogP contribution is 2.31. The van der Waals surface area contributed by atoms with Gasteiger partial charge in [-0.05, 0) is 24.6 Å². The number of nitrogens with zero attached hydrogens (tertiary/aromatic N) is 2. The van der Waals surface area contributed by atoms with E-state index in [1.165, 1.54) is 9.79 Å². The molecule has 72 valence electrons. The summed E-state index contributed by atoms with van der Waals surface area (Å²) >= 11 is 3.53. The lowest BCUT2D eigenvalue weighted by Crippen LogP contribution is -1.83. The van der Waals surface area contributed by atoms with Crippen molar-refractivity contribution in [3.63, 3.8) is 0 Å². The molecule has 0 saturated heterocycles. The highest BCUT2D eigenvalue weighted by molar-refractivity contribution is 8.01. The zero-order valence-electron chi connectivity index (χ0n) is 8.02. The van der Waals surface area contributed by atoms with Crippen molar-refractivity contribution in [1.29, 1.82) is 0 Å². The number of hydrogen-bond acceptors (Lipinski definition) is 4. The maximum Gasteiger partial charge on any atom is 0.0575 e. The summed E-state index contributed by atoms with van der Waals surface area (Å²) in [4.78, 5) is 2.61. The molecule has 0 amide bonds. The summed E-state index contributed by atoms with van der Waals surface area (Å²) in [5.74, 6) is 0. The topological polar surface area (TPSA) is 25.8 Å². The number of fused-ring (bicyclic) bond motifs is 1. The first-order valence-electron chi connectivity index (χ1n) is 4.17. The van der Waals surface area contributed by atoms with Gasteiger partial charge in [-0.3, -0.25) is 0 Å². The third-order valence-corrected chi connectivity index (χ3v) is 3.73. The molecule has 1 aromatic heterocycles. The Bertz CT molecular complexity index is 414. The van der Waals surface area contributed by atoms with E-state index in [0.29, 0.717) is 0 Å². The molecule has 2 rings (SSSR count). The van der Waals surface area contributed by atoms with E-state index in [1.54, 1.807) is 35.9 Å². The fourth-order valence-corrected chi connectivity index (χ4v) is 2.83. The van der Waals surface area contributed by atoms with Crippen LogP contribution in [-0.4, -0.2) is 22.7 Å². The average Bonchev–Trinajstić information content (AvgIpc) is 2.27. The standard InChI is InChI=1S/C10H10N2S2/c1-13-9-3-7-5-11-12-6-8(7)4-10(9)14-2/h3-6H,1-2H3. The van der Waals surface area contributed by atoms with Gasteiger partial charge in [-0.1, -0.05) is 0 Å². The van der Waals surface area contributed by atoms with Gasteiger partial charge in [0.15, 0.2) is 0 Å². The average molecular weight is 222 g/mol. The van der Waals surface area contributed by atoms with E-state index in [-0.39, 0.29) is 0 Å². The van der Waals surface area contributed by atoms with Crippen LogP contribution in [0.3, 0.4) is 0 Å². The molecule has 2 aromatic rings. The van der Waals surface area contributed by atoms with Crippen LogP contribution in [0.25, 0.3) is 10.8 Å². The Balaban J connectivity index is 2.69. The Labute approximate surface area is 91.5 Å². The molecule has 14 heavy (non-hydrogen) atoms. The molecule has 0 aliphatic heterocycles. The Morgan fingerprint density at radius 1 is 0.857 bits per heavy atom. The lowest BCUT2D eigenvalue weighted by Gasteiger charge is -2.05. The quantitative estimate of drug-likeness (QED) is 0.729. The molecule has 1 heterocycles. The molecule has 0 spiro atoms. The van der Waals surface area contributed by atoms with Gasteiger partial charge in [0, 0.05) is 20.6 Å². The predicted octanol–water partition coefficient (Wildman–Crippen LogP) is 3.07. The fraction of sp³-hybridized carbons (Fsp3) is 0.200. The van der Waals surface area contributed by atoms with Crippen LogP contribution >= 0.6 is 23.5 Å². The number of thioether (sulfide) groups is 2. The number of benzene rings is 1. The zero-order valence-corrected chi connectivity index (χ0v) is 9.65. The molecule has 4 heteroatoms. The number of rotatable bonds is 2. The Kier molecular flexibility index (Phi) is 2.93. The van der Waals surface area contributed by atoms with Crippen molar-refractivity contribution < 1.29 is 0 Å². The first kappa shape index (κ1) is 9.80. The first-order valence-corrected chi connectivity index (χ1v) is 6.62. The van der Waals surface area contributed by atoms with Gasteiger partial charge in [0.1, 0.15) is 0 Å². The second-order valence-electron chi connectivity index (χ2n) is 2.83. The lowest BCUT2D eigenvalue weighted by molar-refractivity contribution is 1.05. The molecule has 1 aromatic carbocycles. The van der Waals surface area contributed by atoms with Crippen molar-refractivity contribution in [2.45, 2.75) is 9.79 Å². The van der Waals surface area contributed by atoms with Gasteiger partial charge in [-0.15, -0.1) is 23.5 Å². The summed E-state index contributed by atoms with van der Waals surface area (Å²) in [6, 6.07) is 4.33. The maximum absolute atomic E-state index is 3.88. The molecule has 0 unspecified atom stereocenters. The van der Waals surface area contributed by atoms with Crippen molar-refractivity contribution in [3.05, 3.63) is 24.5 Å². The fourth-order valence-electron chi connectivity index (χ4n) is 1.33. The van der Waals surface area contributed by atoms with E-state index in [9.17, 15) is 0 Å². The Morgan fingerprint density at radius 3 is 1.64 bits per heavy atom. The Morgan fingerprint density at radius 2 is 1.29 bits per heavy atom. The van der Waals surface area contributed by atoms with Crippen molar-refractivity contribution >= 4 is 34.3 Å². The normalized spacial score (nSPS) is 10.7. The van der Waals surface area contributed by atoms with Crippen molar-refractivity contribution in [3.8, 4) is 0 Å². The van der Waals surface area contributed by atoms with Crippen LogP contribution in [0.2, 0.25) is 0 Å². The van der Waals surface area contributed by atoms with Gasteiger partial charge in [-0.25, -0.2) is 0 Å². The molecule has 0 fully saturated rings. The van der Waals surface area contributed by atoms with E-state index >= 15 is 0 Å². The van der Waals surface area contributed by atoms with Gasteiger partial charge < -0.3 is 0 Å². The summed E-state index contributed by atoms with van der Waals surface area (Å²) in [5, 5.41) is 10.1. The highest BCUT2D eigenvalue weighted by Gasteiger charge is 2.03.